The third-order valence-corrected chi connectivity index (χ3v) is 6.14. The van der Waals surface area contributed by atoms with Crippen molar-refractivity contribution in [3.63, 3.8) is 0 Å². The molecule has 2 aromatic rings. The van der Waals surface area contributed by atoms with Crippen LogP contribution in [0, 0.1) is 11.3 Å². The molecule has 164 valence electrons. The molecule has 2 aliphatic rings. The van der Waals surface area contributed by atoms with Gasteiger partial charge >= 0.3 is 0 Å². The predicted octanol–water partition coefficient (Wildman–Crippen LogP) is 1.60. The van der Waals surface area contributed by atoms with E-state index in [1.54, 1.807) is 18.2 Å². The number of rotatable bonds is 6. The summed E-state index contributed by atoms with van der Waals surface area (Å²) in [4.78, 5) is 0. The van der Waals surface area contributed by atoms with Gasteiger partial charge in [0.15, 0.2) is 0 Å². The maximum atomic E-state index is 10.4. The molecule has 0 bridgehead atoms. The lowest BCUT2D eigenvalue weighted by molar-refractivity contribution is -0.231. The molecule has 2 fully saturated rings. The zero-order chi connectivity index (χ0) is 22.0. The van der Waals surface area contributed by atoms with Gasteiger partial charge in [0, 0.05) is 0 Å². The van der Waals surface area contributed by atoms with Crippen LogP contribution in [0.5, 0.6) is 5.75 Å². The van der Waals surface area contributed by atoms with Crippen molar-refractivity contribution in [1.82, 2.24) is 0 Å². The van der Waals surface area contributed by atoms with Crippen LogP contribution in [-0.2, 0) is 11.2 Å². The molecule has 0 aromatic heterocycles. The summed E-state index contributed by atoms with van der Waals surface area (Å²) in [5.74, 6) is 0.837. The van der Waals surface area contributed by atoms with Gasteiger partial charge in [-0.15, -0.1) is 0 Å². The summed E-state index contributed by atoms with van der Waals surface area (Å²) in [6.07, 6.45) is -1.91. The Labute approximate surface area is 181 Å². The van der Waals surface area contributed by atoms with Crippen LogP contribution in [0.3, 0.4) is 0 Å². The van der Waals surface area contributed by atoms with Crippen LogP contribution >= 0.6 is 0 Å². The van der Waals surface area contributed by atoms with Crippen molar-refractivity contribution >= 4 is 0 Å². The lowest BCUT2D eigenvalue weighted by atomic mass is 9.89. The van der Waals surface area contributed by atoms with Gasteiger partial charge in [-0.25, -0.2) is 0 Å². The van der Waals surface area contributed by atoms with Crippen LogP contribution in [0.1, 0.15) is 47.6 Å². The summed E-state index contributed by atoms with van der Waals surface area (Å²) < 4.78 is 11.5. The standard InChI is InChI=1S/C24H27NO6/c25-12-16-7-6-15(24-23(29)22(28)21(27)20(13-26)31-24)11-17(16)10-14-4-8-19(9-5-14)30-18-2-1-3-18/h4-9,11,18,20-24,26-29H,1-3,10,13H2/t20-,21-,22+,23-,24+/m1/s1. The number of ether oxygens (including phenoxy) is 2. The fraction of sp³-hybridized carbons (Fsp3) is 0.458. The molecule has 5 atom stereocenters. The smallest absolute Gasteiger partial charge is 0.119 e. The van der Waals surface area contributed by atoms with E-state index >= 15 is 0 Å². The van der Waals surface area contributed by atoms with Gasteiger partial charge in [-0.2, -0.15) is 5.26 Å². The lowest BCUT2D eigenvalue weighted by Gasteiger charge is -2.40. The Bertz CT molecular complexity index is 934. The van der Waals surface area contributed by atoms with E-state index in [0.717, 1.165) is 29.7 Å². The molecular weight excluding hydrogens is 398 g/mol. The van der Waals surface area contributed by atoms with Crippen molar-refractivity contribution in [1.29, 1.82) is 5.26 Å². The molecule has 1 saturated heterocycles. The van der Waals surface area contributed by atoms with E-state index in [-0.39, 0.29) is 0 Å². The van der Waals surface area contributed by atoms with Gasteiger partial charge in [-0.05, 0) is 60.6 Å². The number of aliphatic hydroxyl groups is 4. The number of aliphatic hydroxyl groups excluding tert-OH is 4. The van der Waals surface area contributed by atoms with E-state index in [0.29, 0.717) is 23.7 Å². The van der Waals surface area contributed by atoms with Crippen molar-refractivity contribution in [2.75, 3.05) is 6.61 Å². The van der Waals surface area contributed by atoms with E-state index in [4.69, 9.17) is 9.47 Å². The molecule has 31 heavy (non-hydrogen) atoms. The summed E-state index contributed by atoms with van der Waals surface area (Å²) in [5.41, 5.74) is 2.83. The van der Waals surface area contributed by atoms with Crippen molar-refractivity contribution in [2.24, 2.45) is 0 Å². The largest absolute Gasteiger partial charge is 0.490 e. The third kappa shape index (κ3) is 4.59. The van der Waals surface area contributed by atoms with Gasteiger partial charge in [-0.1, -0.05) is 24.3 Å². The van der Waals surface area contributed by atoms with Crippen LogP contribution in [0.2, 0.25) is 0 Å². The second kappa shape index (κ2) is 9.35. The first-order valence-electron chi connectivity index (χ1n) is 10.6. The van der Waals surface area contributed by atoms with Crippen molar-refractivity contribution < 1.29 is 29.9 Å². The van der Waals surface area contributed by atoms with Crippen LogP contribution in [-0.4, -0.2) is 57.6 Å². The summed E-state index contributed by atoms with van der Waals surface area (Å²) in [7, 11) is 0. The van der Waals surface area contributed by atoms with E-state index in [9.17, 15) is 25.7 Å². The number of nitriles is 1. The zero-order valence-corrected chi connectivity index (χ0v) is 17.1. The van der Waals surface area contributed by atoms with Crippen LogP contribution in [0.4, 0.5) is 0 Å². The maximum Gasteiger partial charge on any atom is 0.119 e. The van der Waals surface area contributed by atoms with E-state index in [2.05, 4.69) is 6.07 Å². The Morgan fingerprint density at radius 3 is 2.35 bits per heavy atom. The highest BCUT2D eigenvalue weighted by Crippen LogP contribution is 2.34. The molecule has 1 aliphatic carbocycles. The molecule has 0 amide bonds. The molecule has 0 unspecified atom stereocenters. The van der Waals surface area contributed by atoms with Crippen LogP contribution in [0.15, 0.2) is 42.5 Å². The Balaban J connectivity index is 1.54. The fourth-order valence-electron chi connectivity index (χ4n) is 4.01. The Kier molecular flexibility index (Phi) is 6.56. The van der Waals surface area contributed by atoms with Gasteiger partial charge < -0.3 is 29.9 Å². The number of hydrogen-bond donors (Lipinski definition) is 4. The SMILES string of the molecule is N#Cc1ccc([C@@H]2O[C@H](CO)[C@@H](O)[C@H](O)[C@H]2O)cc1Cc1ccc(OC2CCC2)cc1. The summed E-state index contributed by atoms with van der Waals surface area (Å²) in [6, 6.07) is 15.1. The summed E-state index contributed by atoms with van der Waals surface area (Å²) in [6.45, 7) is -0.486. The minimum Gasteiger partial charge on any atom is -0.490 e. The van der Waals surface area contributed by atoms with E-state index < -0.39 is 37.1 Å². The molecule has 1 aliphatic heterocycles. The third-order valence-electron chi connectivity index (χ3n) is 6.14. The minimum absolute atomic E-state index is 0.311. The van der Waals surface area contributed by atoms with E-state index in [1.165, 1.54) is 6.42 Å². The fourth-order valence-corrected chi connectivity index (χ4v) is 4.01. The van der Waals surface area contributed by atoms with Crippen molar-refractivity contribution in [3.8, 4) is 11.8 Å². The second-order valence-electron chi connectivity index (χ2n) is 8.27. The molecule has 4 rings (SSSR count). The van der Waals surface area contributed by atoms with Gasteiger partial charge in [-0.3, -0.25) is 0 Å². The molecule has 7 heteroatoms. The van der Waals surface area contributed by atoms with Gasteiger partial charge in [0.25, 0.3) is 0 Å². The van der Waals surface area contributed by atoms with Gasteiger partial charge in [0.2, 0.25) is 0 Å². The van der Waals surface area contributed by atoms with Gasteiger partial charge in [0.05, 0.1) is 24.3 Å². The minimum atomic E-state index is -1.45. The molecule has 4 N–H and O–H groups in total. The molecule has 1 saturated carbocycles. The quantitative estimate of drug-likeness (QED) is 0.554. The summed E-state index contributed by atoms with van der Waals surface area (Å²) >= 11 is 0. The number of nitrogens with zero attached hydrogens (tertiary/aromatic N) is 1. The highest BCUT2D eigenvalue weighted by atomic mass is 16.5. The zero-order valence-electron chi connectivity index (χ0n) is 17.1. The monoisotopic (exact) mass is 425 g/mol. The first kappa shape index (κ1) is 21.8. The summed E-state index contributed by atoms with van der Waals surface area (Å²) in [5, 5.41) is 49.5. The highest BCUT2D eigenvalue weighted by molar-refractivity contribution is 5.44. The molecule has 0 spiro atoms. The Hall–Kier alpha value is -2.47. The number of benzene rings is 2. The van der Waals surface area contributed by atoms with Crippen LogP contribution in [0.25, 0.3) is 0 Å². The molecule has 0 radical (unpaired) electrons. The molecular formula is C24H27NO6. The van der Waals surface area contributed by atoms with Gasteiger partial charge in [0.1, 0.15) is 36.3 Å². The van der Waals surface area contributed by atoms with Crippen molar-refractivity contribution in [3.05, 3.63) is 64.7 Å². The first-order chi connectivity index (χ1) is 15.0. The average Bonchev–Trinajstić information content (AvgIpc) is 2.76. The Morgan fingerprint density at radius 2 is 1.74 bits per heavy atom. The highest BCUT2D eigenvalue weighted by Gasteiger charge is 2.44. The molecule has 2 aromatic carbocycles. The maximum absolute atomic E-state index is 10.4. The average molecular weight is 425 g/mol. The second-order valence-corrected chi connectivity index (χ2v) is 8.27. The van der Waals surface area contributed by atoms with Crippen LogP contribution < -0.4 is 4.74 Å². The predicted molar refractivity (Wildman–Crippen MR) is 111 cm³/mol. The first-order valence-corrected chi connectivity index (χ1v) is 10.6. The topological polar surface area (TPSA) is 123 Å². The van der Waals surface area contributed by atoms with E-state index in [1.807, 2.05) is 24.3 Å². The molecule has 7 nitrogen and oxygen atoms in total. The lowest BCUT2D eigenvalue weighted by Crippen LogP contribution is -2.55. The molecule has 1 heterocycles. The Morgan fingerprint density at radius 1 is 1.00 bits per heavy atom. The van der Waals surface area contributed by atoms with Crippen molar-refractivity contribution in [2.45, 2.75) is 62.3 Å². The normalized spacial score (nSPS) is 28.5. The number of hydrogen-bond acceptors (Lipinski definition) is 7.